The summed E-state index contributed by atoms with van der Waals surface area (Å²) in [4.78, 5) is 12.4. The van der Waals surface area contributed by atoms with Crippen molar-refractivity contribution in [2.45, 2.75) is 13.0 Å². The first-order valence-electron chi connectivity index (χ1n) is 4.24. The highest BCUT2D eigenvalue weighted by Gasteiger charge is 2.18. The molecule has 0 saturated carbocycles. The predicted molar refractivity (Wildman–Crippen MR) is 51.5 cm³/mol. The zero-order valence-electron chi connectivity index (χ0n) is 8.07. The molecule has 1 rings (SSSR count). The standard InChI is InChI=1S/C10H12FNO2/c1-7(13)10(14)12(2)9-6-4-3-5-8(9)11/h3-7,13H,1-2H3/t7-/m1/s1. The number of hydrogen-bond donors (Lipinski definition) is 1. The van der Waals surface area contributed by atoms with Crippen molar-refractivity contribution >= 4 is 11.6 Å². The minimum atomic E-state index is -1.13. The van der Waals surface area contributed by atoms with Gasteiger partial charge in [-0.1, -0.05) is 12.1 Å². The van der Waals surface area contributed by atoms with Gasteiger partial charge >= 0.3 is 0 Å². The van der Waals surface area contributed by atoms with Crippen LogP contribution in [0.25, 0.3) is 0 Å². The summed E-state index contributed by atoms with van der Waals surface area (Å²) in [7, 11) is 1.42. The average Bonchev–Trinajstić information content (AvgIpc) is 2.16. The normalized spacial score (nSPS) is 12.3. The van der Waals surface area contributed by atoms with Crippen LogP contribution < -0.4 is 4.90 Å². The van der Waals surface area contributed by atoms with Crippen LogP contribution in [0.3, 0.4) is 0 Å². The molecule has 1 N–H and O–H groups in total. The predicted octanol–water partition coefficient (Wildman–Crippen LogP) is 1.17. The third-order valence-corrected chi connectivity index (χ3v) is 1.90. The number of nitrogens with zero attached hydrogens (tertiary/aromatic N) is 1. The maximum absolute atomic E-state index is 13.2. The summed E-state index contributed by atoms with van der Waals surface area (Å²) in [6.07, 6.45) is -1.13. The zero-order chi connectivity index (χ0) is 10.7. The van der Waals surface area contributed by atoms with E-state index in [9.17, 15) is 9.18 Å². The van der Waals surface area contributed by atoms with Crippen LogP contribution in [0.15, 0.2) is 24.3 Å². The second-order valence-corrected chi connectivity index (χ2v) is 3.02. The molecule has 14 heavy (non-hydrogen) atoms. The van der Waals surface area contributed by atoms with E-state index in [2.05, 4.69) is 0 Å². The number of carbonyl (C=O) groups excluding carboxylic acids is 1. The van der Waals surface area contributed by atoms with Crippen molar-refractivity contribution in [2.75, 3.05) is 11.9 Å². The first-order valence-corrected chi connectivity index (χ1v) is 4.24. The minimum absolute atomic E-state index is 0.165. The number of hydrogen-bond acceptors (Lipinski definition) is 2. The number of aliphatic hydroxyl groups is 1. The SMILES string of the molecule is C[C@@H](O)C(=O)N(C)c1ccccc1F. The van der Waals surface area contributed by atoms with Crippen LogP contribution in [0.2, 0.25) is 0 Å². The Hall–Kier alpha value is -1.42. The van der Waals surface area contributed by atoms with Crippen molar-refractivity contribution in [3.63, 3.8) is 0 Å². The fourth-order valence-corrected chi connectivity index (χ4v) is 1.12. The lowest BCUT2D eigenvalue weighted by molar-refractivity contribution is -0.125. The van der Waals surface area contributed by atoms with Crippen molar-refractivity contribution in [1.82, 2.24) is 0 Å². The third kappa shape index (κ3) is 2.09. The average molecular weight is 197 g/mol. The number of amides is 1. The van der Waals surface area contributed by atoms with Crippen LogP contribution in [0, 0.1) is 5.82 Å². The first kappa shape index (κ1) is 10.7. The molecule has 76 valence electrons. The van der Waals surface area contributed by atoms with Crippen LogP contribution in [0.4, 0.5) is 10.1 Å². The number of rotatable bonds is 2. The second kappa shape index (κ2) is 4.19. The molecule has 0 fully saturated rings. The molecule has 0 aliphatic carbocycles. The number of aliphatic hydroxyl groups excluding tert-OH is 1. The van der Waals surface area contributed by atoms with E-state index in [1.165, 1.54) is 26.1 Å². The van der Waals surface area contributed by atoms with E-state index < -0.39 is 17.8 Å². The van der Waals surface area contributed by atoms with Gasteiger partial charge in [-0.3, -0.25) is 4.79 Å². The van der Waals surface area contributed by atoms with Gasteiger partial charge in [0.05, 0.1) is 5.69 Å². The Kier molecular flexibility index (Phi) is 3.19. The molecule has 1 aromatic carbocycles. The number of halogens is 1. The van der Waals surface area contributed by atoms with E-state index in [0.29, 0.717) is 0 Å². The molecule has 3 nitrogen and oxygen atoms in total. The largest absolute Gasteiger partial charge is 0.384 e. The van der Waals surface area contributed by atoms with Crippen molar-refractivity contribution in [3.8, 4) is 0 Å². The molecule has 0 aromatic heterocycles. The van der Waals surface area contributed by atoms with Crippen LogP contribution in [-0.4, -0.2) is 24.2 Å². The van der Waals surface area contributed by atoms with Crippen molar-refractivity contribution in [3.05, 3.63) is 30.1 Å². The van der Waals surface area contributed by atoms with E-state index >= 15 is 0 Å². The Morgan fingerprint density at radius 1 is 1.50 bits per heavy atom. The third-order valence-electron chi connectivity index (χ3n) is 1.90. The summed E-state index contributed by atoms with van der Waals surface area (Å²) in [6.45, 7) is 1.35. The van der Waals surface area contributed by atoms with Gasteiger partial charge in [-0.25, -0.2) is 4.39 Å². The van der Waals surface area contributed by atoms with Crippen molar-refractivity contribution in [2.24, 2.45) is 0 Å². The fourth-order valence-electron chi connectivity index (χ4n) is 1.12. The lowest BCUT2D eigenvalue weighted by atomic mass is 10.2. The molecular formula is C10H12FNO2. The molecule has 1 amide bonds. The van der Waals surface area contributed by atoms with Crippen LogP contribution in [0.1, 0.15) is 6.92 Å². The van der Waals surface area contributed by atoms with E-state index in [0.717, 1.165) is 4.90 Å². The van der Waals surface area contributed by atoms with Gasteiger partial charge in [0.1, 0.15) is 11.9 Å². The maximum Gasteiger partial charge on any atom is 0.255 e. The second-order valence-electron chi connectivity index (χ2n) is 3.02. The Bertz CT molecular complexity index is 339. The number of carbonyl (C=O) groups is 1. The summed E-state index contributed by atoms with van der Waals surface area (Å²) >= 11 is 0. The first-order chi connectivity index (χ1) is 6.54. The molecule has 0 bridgehead atoms. The lowest BCUT2D eigenvalue weighted by Crippen LogP contribution is -2.35. The Morgan fingerprint density at radius 3 is 2.57 bits per heavy atom. The highest BCUT2D eigenvalue weighted by atomic mass is 19.1. The van der Waals surface area contributed by atoms with Crippen LogP contribution in [-0.2, 0) is 4.79 Å². The van der Waals surface area contributed by atoms with Gasteiger partial charge in [0.25, 0.3) is 5.91 Å². The molecule has 0 unspecified atom stereocenters. The van der Waals surface area contributed by atoms with Gasteiger partial charge in [0, 0.05) is 7.05 Å². The topological polar surface area (TPSA) is 40.5 Å². The molecule has 0 spiro atoms. The summed E-state index contributed by atoms with van der Waals surface area (Å²) in [5.74, 6) is -1.01. The van der Waals surface area contributed by atoms with Gasteiger partial charge in [0.15, 0.2) is 0 Å². The summed E-state index contributed by atoms with van der Waals surface area (Å²) in [6, 6.07) is 5.92. The summed E-state index contributed by atoms with van der Waals surface area (Å²) in [5, 5.41) is 9.03. The van der Waals surface area contributed by atoms with Gasteiger partial charge in [0.2, 0.25) is 0 Å². The molecular weight excluding hydrogens is 185 g/mol. The highest BCUT2D eigenvalue weighted by Crippen LogP contribution is 2.17. The van der Waals surface area contributed by atoms with Gasteiger partial charge in [-0.15, -0.1) is 0 Å². The lowest BCUT2D eigenvalue weighted by Gasteiger charge is -2.19. The van der Waals surface area contributed by atoms with Gasteiger partial charge < -0.3 is 10.0 Å². The fraction of sp³-hybridized carbons (Fsp3) is 0.300. The number of likely N-dealkylation sites (N-methyl/N-ethyl adjacent to an activating group) is 1. The molecule has 0 saturated heterocycles. The van der Waals surface area contributed by atoms with Crippen molar-refractivity contribution in [1.29, 1.82) is 0 Å². The summed E-state index contributed by atoms with van der Waals surface area (Å²) in [5.41, 5.74) is 0.165. The number of anilines is 1. The Labute approximate surface area is 81.8 Å². The van der Waals surface area contributed by atoms with Gasteiger partial charge in [-0.05, 0) is 19.1 Å². The zero-order valence-corrected chi connectivity index (χ0v) is 8.07. The van der Waals surface area contributed by atoms with Crippen molar-refractivity contribution < 1.29 is 14.3 Å². The quantitative estimate of drug-likeness (QED) is 0.773. The molecule has 0 aliphatic rings. The Morgan fingerprint density at radius 2 is 2.07 bits per heavy atom. The molecule has 1 aromatic rings. The van der Waals surface area contributed by atoms with E-state index in [-0.39, 0.29) is 5.69 Å². The molecule has 1 atom stereocenters. The molecule has 4 heteroatoms. The van der Waals surface area contributed by atoms with E-state index in [4.69, 9.17) is 5.11 Å². The Balaban J connectivity index is 2.95. The van der Waals surface area contributed by atoms with E-state index in [1.54, 1.807) is 12.1 Å². The van der Waals surface area contributed by atoms with Gasteiger partial charge in [-0.2, -0.15) is 0 Å². The highest BCUT2D eigenvalue weighted by molar-refractivity contribution is 5.95. The summed E-state index contributed by atoms with van der Waals surface area (Å²) < 4.78 is 13.2. The smallest absolute Gasteiger partial charge is 0.255 e. The molecule has 0 aliphatic heterocycles. The van der Waals surface area contributed by atoms with Crippen LogP contribution in [0.5, 0.6) is 0 Å². The number of para-hydroxylation sites is 1. The minimum Gasteiger partial charge on any atom is -0.384 e. The number of benzene rings is 1. The monoisotopic (exact) mass is 197 g/mol. The van der Waals surface area contributed by atoms with E-state index in [1.807, 2.05) is 0 Å². The van der Waals surface area contributed by atoms with Crippen LogP contribution >= 0.6 is 0 Å². The maximum atomic E-state index is 13.2. The molecule has 0 radical (unpaired) electrons. The molecule has 0 heterocycles.